The molecule has 1 aromatic carbocycles. The fraction of sp³-hybridized carbons (Fsp3) is 0. The zero-order valence-corrected chi connectivity index (χ0v) is 10.3. The fourth-order valence-corrected chi connectivity index (χ4v) is 1.88. The first-order valence-corrected chi connectivity index (χ1v) is 5.87. The molecule has 2 heterocycles. The first-order chi connectivity index (χ1) is 9.78. The van der Waals surface area contributed by atoms with Gasteiger partial charge in [-0.3, -0.25) is 14.9 Å². The maximum atomic E-state index is 12.2. The van der Waals surface area contributed by atoms with E-state index in [1.807, 2.05) is 6.07 Å². The van der Waals surface area contributed by atoms with Crippen molar-refractivity contribution in [2.24, 2.45) is 0 Å². The molecule has 0 atom stereocenters. The standard InChI is InChI=1S/C14H9N5O/c15-8-9-1-2-12-11(7-9)13(19-18-12)14(20)17-10-3-5-16-6-4-10/h1-7H,(H,18,19)(H,16,17,20). The van der Waals surface area contributed by atoms with Gasteiger partial charge in [0.25, 0.3) is 5.91 Å². The molecule has 6 heteroatoms. The Morgan fingerprint density at radius 3 is 2.80 bits per heavy atom. The molecule has 0 fully saturated rings. The molecule has 96 valence electrons. The van der Waals surface area contributed by atoms with Crippen LogP contribution in [-0.4, -0.2) is 21.1 Å². The summed E-state index contributed by atoms with van der Waals surface area (Å²) in [6.07, 6.45) is 3.18. The lowest BCUT2D eigenvalue weighted by molar-refractivity contribution is 0.102. The van der Waals surface area contributed by atoms with Crippen LogP contribution in [0.15, 0.2) is 42.7 Å². The van der Waals surface area contributed by atoms with Gasteiger partial charge in [-0.2, -0.15) is 10.4 Å². The van der Waals surface area contributed by atoms with Crippen LogP contribution in [0.4, 0.5) is 5.69 Å². The first kappa shape index (κ1) is 11.9. The maximum absolute atomic E-state index is 12.2. The van der Waals surface area contributed by atoms with Gasteiger partial charge in [-0.15, -0.1) is 0 Å². The number of aromatic amines is 1. The summed E-state index contributed by atoms with van der Waals surface area (Å²) in [4.78, 5) is 16.1. The topological polar surface area (TPSA) is 94.5 Å². The Kier molecular flexibility index (Phi) is 2.86. The van der Waals surface area contributed by atoms with Crippen LogP contribution < -0.4 is 5.32 Å². The van der Waals surface area contributed by atoms with Gasteiger partial charge in [-0.25, -0.2) is 0 Å². The molecule has 20 heavy (non-hydrogen) atoms. The summed E-state index contributed by atoms with van der Waals surface area (Å²) < 4.78 is 0. The summed E-state index contributed by atoms with van der Waals surface area (Å²) in [5, 5.41) is 19.0. The second-order valence-corrected chi connectivity index (χ2v) is 4.13. The summed E-state index contributed by atoms with van der Waals surface area (Å²) in [6.45, 7) is 0. The molecule has 0 saturated heterocycles. The molecule has 6 nitrogen and oxygen atoms in total. The van der Waals surface area contributed by atoms with Crippen molar-refractivity contribution in [3.8, 4) is 6.07 Å². The lowest BCUT2D eigenvalue weighted by Gasteiger charge is -2.02. The number of nitriles is 1. The number of hydrogen-bond acceptors (Lipinski definition) is 4. The number of nitrogens with zero attached hydrogens (tertiary/aromatic N) is 3. The van der Waals surface area contributed by atoms with Gasteiger partial charge in [0.15, 0.2) is 5.69 Å². The van der Waals surface area contributed by atoms with Gasteiger partial charge in [0.05, 0.1) is 17.1 Å². The Morgan fingerprint density at radius 1 is 1.25 bits per heavy atom. The van der Waals surface area contributed by atoms with Crippen LogP contribution in [0.1, 0.15) is 16.1 Å². The molecule has 0 aliphatic carbocycles. The summed E-state index contributed by atoms with van der Waals surface area (Å²) >= 11 is 0. The molecule has 0 aliphatic heterocycles. The molecule has 0 radical (unpaired) electrons. The second-order valence-electron chi connectivity index (χ2n) is 4.13. The van der Waals surface area contributed by atoms with Crippen molar-refractivity contribution in [2.75, 3.05) is 5.32 Å². The molecule has 3 rings (SSSR count). The van der Waals surface area contributed by atoms with Crippen molar-refractivity contribution in [1.82, 2.24) is 15.2 Å². The third kappa shape index (κ3) is 2.08. The van der Waals surface area contributed by atoms with E-state index in [4.69, 9.17) is 5.26 Å². The summed E-state index contributed by atoms with van der Waals surface area (Å²) in [7, 11) is 0. The van der Waals surface area contributed by atoms with Gasteiger partial charge in [-0.1, -0.05) is 0 Å². The summed E-state index contributed by atoms with van der Waals surface area (Å²) in [5.74, 6) is -0.336. The predicted octanol–water partition coefficient (Wildman–Crippen LogP) is 2.08. The van der Waals surface area contributed by atoms with E-state index in [1.165, 1.54) is 0 Å². The van der Waals surface area contributed by atoms with Crippen molar-refractivity contribution in [3.05, 3.63) is 54.0 Å². The monoisotopic (exact) mass is 263 g/mol. The molecule has 3 aromatic rings. The number of pyridine rings is 1. The van der Waals surface area contributed by atoms with E-state index in [9.17, 15) is 4.79 Å². The number of amides is 1. The molecule has 1 amide bonds. The van der Waals surface area contributed by atoms with E-state index >= 15 is 0 Å². The Morgan fingerprint density at radius 2 is 2.05 bits per heavy atom. The van der Waals surface area contributed by atoms with Crippen LogP contribution in [0.5, 0.6) is 0 Å². The molecule has 2 aromatic heterocycles. The second kappa shape index (κ2) is 4.82. The van der Waals surface area contributed by atoms with Gasteiger partial charge >= 0.3 is 0 Å². The molecule has 0 saturated carbocycles. The van der Waals surface area contributed by atoms with Gasteiger partial charge in [0, 0.05) is 23.5 Å². The number of nitrogens with one attached hydrogen (secondary N) is 2. The minimum Gasteiger partial charge on any atom is -0.320 e. The van der Waals surface area contributed by atoms with Crippen LogP contribution in [-0.2, 0) is 0 Å². The summed E-state index contributed by atoms with van der Waals surface area (Å²) in [6, 6.07) is 10.5. The van der Waals surface area contributed by atoms with Gasteiger partial charge in [0.2, 0.25) is 0 Å². The number of carbonyl (C=O) groups is 1. The highest BCUT2D eigenvalue weighted by atomic mass is 16.1. The van der Waals surface area contributed by atoms with Crippen molar-refractivity contribution in [3.63, 3.8) is 0 Å². The highest BCUT2D eigenvalue weighted by Crippen LogP contribution is 2.18. The number of aromatic nitrogens is 3. The van der Waals surface area contributed by atoms with E-state index in [1.54, 1.807) is 42.7 Å². The molecule has 0 unspecified atom stereocenters. The largest absolute Gasteiger partial charge is 0.320 e. The Balaban J connectivity index is 1.98. The average molecular weight is 263 g/mol. The van der Waals surface area contributed by atoms with Crippen molar-refractivity contribution >= 4 is 22.5 Å². The minimum atomic E-state index is -0.336. The zero-order chi connectivity index (χ0) is 13.9. The fourth-order valence-electron chi connectivity index (χ4n) is 1.88. The third-order valence-electron chi connectivity index (χ3n) is 2.85. The lowest BCUT2D eigenvalue weighted by atomic mass is 10.1. The van der Waals surface area contributed by atoms with Crippen molar-refractivity contribution < 1.29 is 4.79 Å². The normalized spacial score (nSPS) is 10.2. The SMILES string of the molecule is N#Cc1ccc2[nH]nc(C(=O)Nc3ccncc3)c2c1. The van der Waals surface area contributed by atoms with Crippen LogP contribution >= 0.6 is 0 Å². The van der Waals surface area contributed by atoms with Crippen LogP contribution in [0.3, 0.4) is 0 Å². The number of H-pyrrole nitrogens is 1. The number of rotatable bonds is 2. The van der Waals surface area contributed by atoms with Gasteiger partial charge in [-0.05, 0) is 30.3 Å². The van der Waals surface area contributed by atoms with Crippen LogP contribution in [0, 0.1) is 11.3 Å². The molecule has 0 spiro atoms. The molecule has 0 aliphatic rings. The number of hydrogen-bond donors (Lipinski definition) is 2. The van der Waals surface area contributed by atoms with Crippen LogP contribution in [0.25, 0.3) is 10.9 Å². The van der Waals surface area contributed by atoms with E-state index in [-0.39, 0.29) is 11.6 Å². The predicted molar refractivity (Wildman–Crippen MR) is 73.0 cm³/mol. The Hall–Kier alpha value is -3.20. The van der Waals surface area contributed by atoms with E-state index in [0.29, 0.717) is 22.2 Å². The smallest absolute Gasteiger partial charge is 0.276 e. The van der Waals surface area contributed by atoms with E-state index < -0.39 is 0 Å². The van der Waals surface area contributed by atoms with Crippen molar-refractivity contribution in [1.29, 1.82) is 5.26 Å². The highest BCUT2D eigenvalue weighted by molar-refractivity contribution is 6.11. The Bertz CT molecular complexity index is 816. The minimum absolute atomic E-state index is 0.258. The molecular formula is C14H9N5O. The quantitative estimate of drug-likeness (QED) is 0.740. The third-order valence-corrected chi connectivity index (χ3v) is 2.85. The molecular weight excluding hydrogens is 254 g/mol. The average Bonchev–Trinajstić information content (AvgIpc) is 2.91. The van der Waals surface area contributed by atoms with Crippen molar-refractivity contribution in [2.45, 2.75) is 0 Å². The number of carbonyl (C=O) groups excluding carboxylic acids is 1. The van der Waals surface area contributed by atoms with Gasteiger partial charge in [0.1, 0.15) is 0 Å². The van der Waals surface area contributed by atoms with E-state index in [0.717, 1.165) is 0 Å². The number of anilines is 1. The maximum Gasteiger partial charge on any atom is 0.276 e. The first-order valence-electron chi connectivity index (χ1n) is 5.87. The van der Waals surface area contributed by atoms with Crippen LogP contribution in [0.2, 0.25) is 0 Å². The number of fused-ring (bicyclic) bond motifs is 1. The van der Waals surface area contributed by atoms with Gasteiger partial charge < -0.3 is 5.32 Å². The number of benzene rings is 1. The zero-order valence-electron chi connectivity index (χ0n) is 10.3. The Labute approximate surface area is 114 Å². The molecule has 0 bridgehead atoms. The molecule has 2 N–H and O–H groups in total. The lowest BCUT2D eigenvalue weighted by Crippen LogP contribution is -2.12. The van der Waals surface area contributed by atoms with E-state index in [2.05, 4.69) is 20.5 Å². The highest BCUT2D eigenvalue weighted by Gasteiger charge is 2.14. The summed E-state index contributed by atoms with van der Waals surface area (Å²) in [5.41, 5.74) is 2.09.